The average molecular weight is 480 g/mol. The van der Waals surface area contributed by atoms with E-state index in [9.17, 15) is 9.18 Å². The Kier molecular flexibility index (Phi) is 7.43. The van der Waals surface area contributed by atoms with E-state index in [4.69, 9.17) is 9.47 Å². The van der Waals surface area contributed by atoms with E-state index in [-0.39, 0.29) is 12.1 Å². The van der Waals surface area contributed by atoms with Gasteiger partial charge < -0.3 is 19.7 Å². The van der Waals surface area contributed by atoms with Gasteiger partial charge in [0.2, 0.25) is 5.88 Å². The van der Waals surface area contributed by atoms with E-state index in [2.05, 4.69) is 20.3 Å². The molecule has 0 spiro atoms. The summed E-state index contributed by atoms with van der Waals surface area (Å²) in [5, 5.41) is 3.35. The van der Waals surface area contributed by atoms with Crippen molar-refractivity contribution in [2.75, 3.05) is 18.4 Å². The van der Waals surface area contributed by atoms with Crippen LogP contribution in [0.1, 0.15) is 39.2 Å². The van der Waals surface area contributed by atoms with E-state index in [1.807, 2.05) is 32.9 Å². The molecular weight excluding hydrogens is 449 g/mol. The van der Waals surface area contributed by atoms with Gasteiger partial charge >= 0.3 is 6.09 Å². The molecule has 184 valence electrons. The van der Waals surface area contributed by atoms with Crippen molar-refractivity contribution in [2.24, 2.45) is 0 Å². The highest BCUT2D eigenvalue weighted by Gasteiger charge is 2.32. The second kappa shape index (κ2) is 10.7. The smallest absolute Gasteiger partial charge is 0.410 e. The minimum atomic E-state index is -0.549. The van der Waals surface area contributed by atoms with Crippen molar-refractivity contribution in [3.05, 3.63) is 60.6 Å². The minimum Gasteiger partial charge on any atom is -0.444 e. The summed E-state index contributed by atoms with van der Waals surface area (Å²) in [5.41, 5.74) is 1.36. The number of rotatable bonds is 7. The lowest BCUT2D eigenvalue weighted by Gasteiger charge is -2.29. The zero-order valence-corrected chi connectivity index (χ0v) is 20.2. The summed E-state index contributed by atoms with van der Waals surface area (Å²) in [7, 11) is 0. The van der Waals surface area contributed by atoms with Gasteiger partial charge in [0.25, 0.3) is 0 Å². The Hall–Kier alpha value is -3.75. The van der Waals surface area contributed by atoms with Gasteiger partial charge in [-0.25, -0.2) is 14.2 Å². The molecule has 1 atom stereocenters. The van der Waals surface area contributed by atoms with Crippen LogP contribution < -0.4 is 10.1 Å². The number of aromatic nitrogens is 3. The Labute approximate surface area is 204 Å². The van der Waals surface area contributed by atoms with Crippen molar-refractivity contribution >= 4 is 11.8 Å². The number of alkyl halides is 1. The maximum absolute atomic E-state index is 12.9. The lowest BCUT2D eigenvalue weighted by Crippen LogP contribution is -2.42. The molecule has 1 aliphatic heterocycles. The Balaban J connectivity index is 1.54. The second-order valence-corrected chi connectivity index (χ2v) is 9.38. The van der Waals surface area contributed by atoms with Crippen molar-refractivity contribution in [1.82, 2.24) is 19.9 Å². The van der Waals surface area contributed by atoms with Gasteiger partial charge in [-0.2, -0.15) is 4.98 Å². The molecule has 3 aromatic rings. The van der Waals surface area contributed by atoms with Crippen LogP contribution in [0.5, 0.6) is 11.6 Å². The quantitative estimate of drug-likeness (QED) is 0.471. The van der Waals surface area contributed by atoms with Crippen molar-refractivity contribution in [2.45, 2.75) is 51.9 Å². The fourth-order valence-corrected chi connectivity index (χ4v) is 3.79. The number of halogens is 1. The zero-order chi connectivity index (χ0) is 24.8. The first-order valence-corrected chi connectivity index (χ1v) is 11.7. The van der Waals surface area contributed by atoms with Crippen LogP contribution in [0.15, 0.2) is 55.0 Å². The van der Waals surface area contributed by atoms with Crippen LogP contribution in [0.2, 0.25) is 0 Å². The summed E-state index contributed by atoms with van der Waals surface area (Å²) in [6.45, 7) is 6.19. The average Bonchev–Trinajstić information content (AvgIpc) is 3.32. The molecule has 1 saturated heterocycles. The first kappa shape index (κ1) is 24.4. The Bertz CT molecular complexity index is 1140. The largest absolute Gasteiger partial charge is 0.444 e. The van der Waals surface area contributed by atoms with Gasteiger partial charge in [0.15, 0.2) is 5.82 Å². The third kappa shape index (κ3) is 6.44. The fourth-order valence-electron chi connectivity index (χ4n) is 3.79. The number of amides is 1. The highest BCUT2D eigenvalue weighted by molar-refractivity contribution is 5.69. The highest BCUT2D eigenvalue weighted by Crippen LogP contribution is 2.30. The molecule has 3 heterocycles. The number of anilines is 1. The molecule has 0 radical (unpaired) electrons. The van der Waals surface area contributed by atoms with Crippen LogP contribution in [-0.4, -0.2) is 50.7 Å². The van der Waals surface area contributed by atoms with E-state index in [1.165, 1.54) is 0 Å². The van der Waals surface area contributed by atoms with Crippen molar-refractivity contribution in [1.29, 1.82) is 0 Å². The molecule has 1 N–H and O–H groups in total. The van der Waals surface area contributed by atoms with Crippen molar-refractivity contribution in [3.8, 4) is 23.0 Å². The molecule has 9 heteroatoms. The first-order chi connectivity index (χ1) is 16.8. The number of carbonyl (C=O) groups is 1. The maximum atomic E-state index is 12.9. The Morgan fingerprint density at radius 2 is 2.00 bits per heavy atom. The molecule has 1 amide bonds. The van der Waals surface area contributed by atoms with Crippen LogP contribution in [-0.2, 0) is 11.4 Å². The number of nitrogens with one attached hydrogen (secondary N) is 1. The third-order valence-corrected chi connectivity index (χ3v) is 5.50. The third-order valence-electron chi connectivity index (χ3n) is 5.50. The summed E-state index contributed by atoms with van der Waals surface area (Å²) in [6, 6.07) is 10.4. The molecular formula is C26H30FN5O3. The van der Waals surface area contributed by atoms with Gasteiger partial charge in [0, 0.05) is 31.0 Å². The summed E-state index contributed by atoms with van der Waals surface area (Å²) < 4.78 is 24.5. The second-order valence-electron chi connectivity index (χ2n) is 9.38. The number of nitrogens with zero attached hydrogens (tertiary/aromatic N) is 4. The first-order valence-electron chi connectivity index (χ1n) is 11.7. The number of hydrogen-bond acceptors (Lipinski definition) is 7. The number of likely N-dealkylation sites (tertiary alicyclic amines) is 1. The molecule has 0 bridgehead atoms. The molecule has 8 nitrogen and oxygen atoms in total. The Morgan fingerprint density at radius 1 is 1.20 bits per heavy atom. The molecule has 0 saturated carbocycles. The normalized spacial score (nSPS) is 15.7. The predicted octanol–water partition coefficient (Wildman–Crippen LogP) is 5.61. The lowest BCUT2D eigenvalue weighted by atomic mass is 10.2. The minimum absolute atomic E-state index is 0.0282. The van der Waals surface area contributed by atoms with Gasteiger partial charge in [-0.3, -0.25) is 4.98 Å². The van der Waals surface area contributed by atoms with E-state index in [1.54, 1.807) is 47.8 Å². The Morgan fingerprint density at radius 3 is 2.69 bits per heavy atom. The molecule has 35 heavy (non-hydrogen) atoms. The van der Waals surface area contributed by atoms with Crippen LogP contribution in [0.25, 0.3) is 11.4 Å². The molecule has 2 aromatic heterocycles. The topological polar surface area (TPSA) is 89.5 Å². The molecule has 1 fully saturated rings. The van der Waals surface area contributed by atoms with Crippen LogP contribution in [0, 0.1) is 0 Å². The van der Waals surface area contributed by atoms with Gasteiger partial charge in [-0.1, -0.05) is 12.1 Å². The number of carbonyl (C=O) groups excluding carboxylic acids is 1. The van der Waals surface area contributed by atoms with E-state index >= 15 is 0 Å². The van der Waals surface area contributed by atoms with Gasteiger partial charge in [0.1, 0.15) is 23.7 Å². The monoisotopic (exact) mass is 479 g/mol. The predicted molar refractivity (Wildman–Crippen MR) is 131 cm³/mol. The number of benzene rings is 1. The van der Waals surface area contributed by atoms with Crippen LogP contribution in [0.4, 0.5) is 14.9 Å². The summed E-state index contributed by atoms with van der Waals surface area (Å²) in [5.74, 6) is 1.32. The van der Waals surface area contributed by atoms with Gasteiger partial charge in [0.05, 0.1) is 12.2 Å². The summed E-state index contributed by atoms with van der Waals surface area (Å²) in [6.07, 6.45) is 6.48. The van der Waals surface area contributed by atoms with Gasteiger partial charge in [-0.05, 0) is 63.4 Å². The zero-order valence-electron chi connectivity index (χ0n) is 20.2. The maximum Gasteiger partial charge on any atom is 0.410 e. The molecule has 4 rings (SSSR count). The standard InChI is InChI=1S/C26H30FN5O3/c1-26(2,3)35-25(33)32-13-5-7-20(32)16-29-22-17-30-23(19-6-4-12-28-15-19)31-24(22)34-21-10-8-18(14-27)9-11-21/h4,6,8-12,15,17,20,29H,5,7,13-14,16H2,1-3H3. The number of pyridine rings is 1. The van der Waals surface area contributed by atoms with Crippen LogP contribution >= 0.6 is 0 Å². The van der Waals surface area contributed by atoms with E-state index in [0.29, 0.717) is 41.8 Å². The SMILES string of the molecule is CC(C)(C)OC(=O)N1CCCC1CNc1cnc(-c2cccnc2)nc1Oc1ccc(CF)cc1. The summed E-state index contributed by atoms with van der Waals surface area (Å²) in [4.78, 5) is 27.6. The number of hydrogen-bond donors (Lipinski definition) is 1. The van der Waals surface area contributed by atoms with Crippen molar-refractivity contribution < 1.29 is 18.7 Å². The highest BCUT2D eigenvalue weighted by atomic mass is 19.1. The van der Waals surface area contributed by atoms with E-state index < -0.39 is 12.3 Å². The van der Waals surface area contributed by atoms with Gasteiger partial charge in [-0.15, -0.1) is 0 Å². The van der Waals surface area contributed by atoms with Crippen molar-refractivity contribution in [3.63, 3.8) is 0 Å². The number of ether oxygens (including phenoxy) is 2. The summed E-state index contributed by atoms with van der Waals surface area (Å²) >= 11 is 0. The molecule has 0 aliphatic carbocycles. The fraction of sp³-hybridized carbons (Fsp3) is 0.385. The lowest BCUT2D eigenvalue weighted by molar-refractivity contribution is 0.0235. The van der Waals surface area contributed by atoms with Crippen LogP contribution in [0.3, 0.4) is 0 Å². The molecule has 1 aromatic carbocycles. The molecule has 1 unspecified atom stereocenters. The molecule has 1 aliphatic rings. The van der Waals surface area contributed by atoms with E-state index in [0.717, 1.165) is 18.4 Å².